The summed E-state index contributed by atoms with van der Waals surface area (Å²) in [7, 11) is 0.702. The summed E-state index contributed by atoms with van der Waals surface area (Å²) in [5, 5.41) is 4.91. The molecule has 0 saturated carbocycles. The van der Waals surface area contributed by atoms with E-state index in [1.54, 1.807) is 31.6 Å². The molecule has 2 rings (SSSR count). The van der Waals surface area contributed by atoms with Crippen molar-refractivity contribution in [2.24, 2.45) is 13.0 Å². The van der Waals surface area contributed by atoms with E-state index in [-0.39, 0.29) is 11.4 Å². The summed E-state index contributed by atoms with van der Waals surface area (Å²) in [4.78, 5) is 15.7. The number of hydrogen-bond acceptors (Lipinski definition) is 6. The number of aryl methyl sites for hydroxylation is 2. The number of rotatable bonds is 5. The lowest BCUT2D eigenvalue weighted by molar-refractivity contribution is -0.144. The van der Waals surface area contributed by atoms with Gasteiger partial charge in [-0.05, 0) is 13.0 Å². The Balaban J connectivity index is 2.35. The number of methoxy groups -OCH3 is 1. The highest BCUT2D eigenvalue weighted by molar-refractivity contribution is 7.89. The predicted molar refractivity (Wildman–Crippen MR) is 84.2 cm³/mol. The molecule has 2 aromatic heterocycles. The molecule has 0 fully saturated rings. The second-order valence-electron chi connectivity index (χ2n) is 5.46. The summed E-state index contributed by atoms with van der Waals surface area (Å²) >= 11 is 0. The fourth-order valence-electron chi connectivity index (χ4n) is 2.37. The molecule has 0 bridgehead atoms. The molecule has 0 aliphatic carbocycles. The van der Waals surface area contributed by atoms with Crippen LogP contribution in [0, 0.1) is 12.8 Å². The second-order valence-corrected chi connectivity index (χ2v) is 7.51. The third kappa shape index (κ3) is 3.20. The number of hydrogen-bond donors (Lipinski definition) is 0. The first-order valence-corrected chi connectivity index (χ1v) is 8.46. The molecule has 2 aromatic rings. The first kappa shape index (κ1) is 17.4. The Hall–Kier alpha value is -2.00. The Morgan fingerprint density at radius 3 is 2.74 bits per heavy atom. The van der Waals surface area contributed by atoms with Gasteiger partial charge in [0.05, 0.1) is 18.7 Å². The van der Waals surface area contributed by atoms with Gasteiger partial charge in [-0.2, -0.15) is 5.10 Å². The average molecular weight is 340 g/mol. The molecule has 126 valence electrons. The van der Waals surface area contributed by atoms with Gasteiger partial charge in [0.1, 0.15) is 4.90 Å². The van der Waals surface area contributed by atoms with Crippen molar-refractivity contribution in [2.75, 3.05) is 20.7 Å². The van der Waals surface area contributed by atoms with Crippen LogP contribution in [0.3, 0.4) is 0 Å². The van der Waals surface area contributed by atoms with Gasteiger partial charge in [0.15, 0.2) is 5.65 Å². The van der Waals surface area contributed by atoms with Crippen molar-refractivity contribution in [1.29, 1.82) is 0 Å². The maximum absolute atomic E-state index is 12.6. The highest BCUT2D eigenvalue weighted by atomic mass is 32.2. The van der Waals surface area contributed by atoms with Crippen LogP contribution in [0.1, 0.15) is 12.6 Å². The Morgan fingerprint density at radius 1 is 1.48 bits per heavy atom. The highest BCUT2D eigenvalue weighted by Crippen LogP contribution is 2.22. The third-order valence-electron chi connectivity index (χ3n) is 3.68. The smallest absolute Gasteiger partial charge is 0.309 e. The molecule has 0 aliphatic rings. The lowest BCUT2D eigenvalue weighted by Gasteiger charge is -2.19. The van der Waals surface area contributed by atoms with Crippen LogP contribution in [0.5, 0.6) is 0 Å². The molecule has 0 N–H and O–H groups in total. The van der Waals surface area contributed by atoms with Crippen molar-refractivity contribution < 1.29 is 17.9 Å². The molecule has 0 spiro atoms. The molecule has 0 aliphatic heterocycles. The number of esters is 1. The number of pyridine rings is 1. The Morgan fingerprint density at radius 2 is 2.13 bits per heavy atom. The van der Waals surface area contributed by atoms with E-state index in [0.717, 1.165) is 4.31 Å². The van der Waals surface area contributed by atoms with Crippen LogP contribution in [-0.2, 0) is 26.6 Å². The van der Waals surface area contributed by atoms with Crippen LogP contribution in [0.25, 0.3) is 11.0 Å². The minimum Gasteiger partial charge on any atom is -0.469 e. The van der Waals surface area contributed by atoms with E-state index >= 15 is 0 Å². The Kier molecular flexibility index (Phi) is 4.71. The molecular weight excluding hydrogens is 320 g/mol. The lowest BCUT2D eigenvalue weighted by atomic mass is 10.2. The summed E-state index contributed by atoms with van der Waals surface area (Å²) in [5.74, 6) is -1.01. The molecule has 1 atom stereocenters. The normalized spacial score (nSPS) is 13.5. The maximum atomic E-state index is 12.6. The average Bonchev–Trinajstić information content (AvgIpc) is 2.80. The van der Waals surface area contributed by atoms with Crippen LogP contribution in [0.15, 0.2) is 17.2 Å². The van der Waals surface area contributed by atoms with Crippen LogP contribution in [0.2, 0.25) is 0 Å². The van der Waals surface area contributed by atoms with Crippen molar-refractivity contribution >= 4 is 27.0 Å². The fourth-order valence-corrected chi connectivity index (χ4v) is 3.60. The standard InChI is InChI=1S/C14H20N4O4S/c1-9(14(19)22-5)8-17(3)23(20,21)11-6-12-10(2)16-18(4)13(12)15-7-11/h6-7,9H,8H2,1-5H3/t9-/m0/s1. The molecule has 8 nitrogen and oxygen atoms in total. The summed E-state index contributed by atoms with van der Waals surface area (Å²) in [6, 6.07) is 1.55. The van der Waals surface area contributed by atoms with Crippen molar-refractivity contribution in [1.82, 2.24) is 19.1 Å². The second kappa shape index (κ2) is 6.25. The minimum absolute atomic E-state index is 0.0269. The molecule has 0 amide bonds. The topological polar surface area (TPSA) is 94.4 Å². The van der Waals surface area contributed by atoms with Gasteiger partial charge in [-0.25, -0.2) is 17.7 Å². The van der Waals surface area contributed by atoms with Crippen molar-refractivity contribution in [2.45, 2.75) is 18.7 Å². The Labute approximate surface area is 135 Å². The van der Waals surface area contributed by atoms with Crippen LogP contribution in [0.4, 0.5) is 0 Å². The summed E-state index contributed by atoms with van der Waals surface area (Å²) in [6.45, 7) is 3.44. The van der Waals surface area contributed by atoms with E-state index in [1.165, 1.54) is 20.4 Å². The number of carbonyl (C=O) groups is 1. The summed E-state index contributed by atoms with van der Waals surface area (Å²) in [6.07, 6.45) is 1.30. The molecule has 0 unspecified atom stereocenters. The quantitative estimate of drug-likeness (QED) is 0.744. The van der Waals surface area contributed by atoms with Gasteiger partial charge in [0.25, 0.3) is 0 Å². The predicted octanol–water partition coefficient (Wildman–Crippen LogP) is 0.706. The third-order valence-corrected chi connectivity index (χ3v) is 5.47. The van der Waals surface area contributed by atoms with Gasteiger partial charge < -0.3 is 4.74 Å². The zero-order valence-electron chi connectivity index (χ0n) is 13.8. The van der Waals surface area contributed by atoms with E-state index in [4.69, 9.17) is 0 Å². The molecule has 23 heavy (non-hydrogen) atoms. The minimum atomic E-state index is -3.75. The Bertz CT molecular complexity index is 844. The van der Waals surface area contributed by atoms with Crippen molar-refractivity contribution in [3.63, 3.8) is 0 Å². The number of sulfonamides is 1. The van der Waals surface area contributed by atoms with Gasteiger partial charge in [-0.15, -0.1) is 0 Å². The molecule has 0 aromatic carbocycles. The van der Waals surface area contributed by atoms with E-state index in [9.17, 15) is 13.2 Å². The largest absolute Gasteiger partial charge is 0.469 e. The van der Waals surface area contributed by atoms with Crippen LogP contribution >= 0.6 is 0 Å². The van der Waals surface area contributed by atoms with Gasteiger partial charge >= 0.3 is 5.97 Å². The number of carbonyl (C=O) groups excluding carboxylic acids is 1. The van der Waals surface area contributed by atoms with Gasteiger partial charge in [-0.3, -0.25) is 9.48 Å². The van der Waals surface area contributed by atoms with Gasteiger partial charge in [0, 0.05) is 32.2 Å². The first-order valence-electron chi connectivity index (χ1n) is 7.02. The summed E-state index contributed by atoms with van der Waals surface area (Å²) < 4.78 is 32.6. The molecular formula is C14H20N4O4S. The monoisotopic (exact) mass is 340 g/mol. The van der Waals surface area contributed by atoms with E-state index in [0.29, 0.717) is 16.7 Å². The maximum Gasteiger partial charge on any atom is 0.309 e. The lowest BCUT2D eigenvalue weighted by Crippen LogP contribution is -2.34. The summed E-state index contributed by atoms with van der Waals surface area (Å²) in [5.41, 5.74) is 1.32. The zero-order valence-corrected chi connectivity index (χ0v) is 14.6. The number of aromatic nitrogens is 3. The first-order chi connectivity index (χ1) is 10.7. The van der Waals surface area contributed by atoms with E-state index in [2.05, 4.69) is 14.8 Å². The molecule has 0 saturated heterocycles. The molecule has 2 heterocycles. The van der Waals surface area contributed by atoms with Gasteiger partial charge in [0.2, 0.25) is 10.0 Å². The molecule has 0 radical (unpaired) electrons. The van der Waals surface area contributed by atoms with Crippen molar-refractivity contribution in [3.8, 4) is 0 Å². The van der Waals surface area contributed by atoms with Crippen LogP contribution in [-0.4, -0.2) is 54.2 Å². The number of ether oxygens (including phenoxy) is 1. The van der Waals surface area contributed by atoms with Gasteiger partial charge in [-0.1, -0.05) is 6.92 Å². The van der Waals surface area contributed by atoms with E-state index < -0.39 is 21.9 Å². The van der Waals surface area contributed by atoms with Crippen molar-refractivity contribution in [3.05, 3.63) is 18.0 Å². The SMILES string of the molecule is COC(=O)[C@@H](C)CN(C)S(=O)(=O)c1cnc2c(c1)c(C)nn2C. The molecule has 9 heteroatoms. The van der Waals surface area contributed by atoms with Crippen LogP contribution < -0.4 is 0 Å². The fraction of sp³-hybridized carbons (Fsp3) is 0.500. The zero-order chi connectivity index (χ0) is 17.4. The highest BCUT2D eigenvalue weighted by Gasteiger charge is 2.26. The number of fused-ring (bicyclic) bond motifs is 1. The number of nitrogens with zero attached hydrogens (tertiary/aromatic N) is 4. The van der Waals surface area contributed by atoms with E-state index in [1.807, 2.05) is 0 Å².